The van der Waals surface area contributed by atoms with Gasteiger partial charge in [-0.2, -0.15) is 13.2 Å². The Hall–Kier alpha value is -1.49. The number of alkyl halides is 3. The number of rotatable bonds is 6. The van der Waals surface area contributed by atoms with Crippen LogP contribution in [0.25, 0.3) is 6.08 Å². The van der Waals surface area contributed by atoms with Gasteiger partial charge in [0, 0.05) is 6.92 Å². The number of hydrogen-bond acceptors (Lipinski definition) is 2. The highest BCUT2D eigenvalue weighted by atomic mass is 19.3. The van der Waals surface area contributed by atoms with Crippen molar-refractivity contribution in [3.8, 4) is 5.75 Å². The predicted octanol–water partition coefficient (Wildman–Crippen LogP) is 3.63. The number of hydrogen-bond donors (Lipinski definition) is 0. The summed E-state index contributed by atoms with van der Waals surface area (Å²) in [4.78, 5) is 0. The summed E-state index contributed by atoms with van der Waals surface area (Å²) in [5.41, 5.74) is 0.849. The molecule has 1 rings (SSSR count). The topological polar surface area (TPSA) is 18.5 Å². The molecule has 1 aromatic rings. The largest absolute Gasteiger partial charge is 0.456 e. The van der Waals surface area contributed by atoms with Gasteiger partial charge in [0.1, 0.15) is 12.4 Å². The maximum Gasteiger partial charge on any atom is 0.345 e. The van der Waals surface area contributed by atoms with Gasteiger partial charge in [-0.15, -0.1) is 0 Å². The molecular formula is C12H13F3O2. The minimum absolute atomic E-state index is 0.235. The molecule has 0 fully saturated rings. The predicted molar refractivity (Wildman–Crippen MR) is 58.6 cm³/mol. The molecule has 0 aliphatic heterocycles. The molecule has 0 bridgehead atoms. The van der Waals surface area contributed by atoms with Crippen LogP contribution < -0.4 is 4.74 Å². The fourth-order valence-electron chi connectivity index (χ4n) is 1.16. The van der Waals surface area contributed by atoms with E-state index < -0.39 is 19.1 Å². The van der Waals surface area contributed by atoms with Gasteiger partial charge in [0.05, 0.1) is 0 Å². The monoisotopic (exact) mass is 246 g/mol. The molecule has 0 saturated carbocycles. The summed E-state index contributed by atoms with van der Waals surface area (Å²) in [7, 11) is 0. The van der Waals surface area contributed by atoms with Crippen LogP contribution in [0, 0.1) is 0 Å². The van der Waals surface area contributed by atoms with Gasteiger partial charge in [-0.05, 0) is 17.7 Å². The zero-order chi connectivity index (χ0) is 12.9. The number of halogens is 3. The van der Waals surface area contributed by atoms with Crippen LogP contribution in [0.3, 0.4) is 0 Å². The van der Waals surface area contributed by atoms with Crippen molar-refractivity contribution in [1.82, 2.24) is 0 Å². The highest BCUT2D eigenvalue weighted by Gasteiger charge is 2.27. The SMILES string of the molecule is C=Cc1ccc(OC(C)(F)COC(F)F)cc1. The molecule has 0 radical (unpaired) electrons. The van der Waals surface area contributed by atoms with Crippen molar-refractivity contribution in [3.63, 3.8) is 0 Å². The molecule has 2 nitrogen and oxygen atoms in total. The zero-order valence-electron chi connectivity index (χ0n) is 9.33. The van der Waals surface area contributed by atoms with Gasteiger partial charge in [-0.3, -0.25) is 0 Å². The zero-order valence-corrected chi connectivity index (χ0v) is 9.33. The maximum atomic E-state index is 13.6. The Morgan fingerprint density at radius 2 is 1.94 bits per heavy atom. The molecule has 0 N–H and O–H groups in total. The van der Waals surface area contributed by atoms with E-state index in [0.717, 1.165) is 12.5 Å². The fraction of sp³-hybridized carbons (Fsp3) is 0.333. The first kappa shape index (κ1) is 13.6. The molecule has 0 aromatic heterocycles. The first-order valence-corrected chi connectivity index (χ1v) is 4.93. The van der Waals surface area contributed by atoms with Gasteiger partial charge in [-0.25, -0.2) is 0 Å². The van der Waals surface area contributed by atoms with Gasteiger partial charge in [-0.1, -0.05) is 24.8 Å². The second-order valence-electron chi connectivity index (χ2n) is 3.55. The molecule has 1 aromatic carbocycles. The van der Waals surface area contributed by atoms with Gasteiger partial charge in [0.2, 0.25) is 0 Å². The second-order valence-corrected chi connectivity index (χ2v) is 3.55. The molecule has 1 atom stereocenters. The minimum atomic E-state index is -3.02. The average Bonchev–Trinajstić information content (AvgIpc) is 2.27. The van der Waals surface area contributed by atoms with Crippen molar-refractivity contribution < 1.29 is 22.6 Å². The van der Waals surface area contributed by atoms with E-state index in [0.29, 0.717) is 0 Å². The lowest BCUT2D eigenvalue weighted by molar-refractivity contribution is -0.191. The van der Waals surface area contributed by atoms with Gasteiger partial charge < -0.3 is 9.47 Å². The van der Waals surface area contributed by atoms with Crippen molar-refractivity contribution in [3.05, 3.63) is 36.4 Å². The highest BCUT2D eigenvalue weighted by molar-refractivity contribution is 5.48. The number of ether oxygens (including phenoxy) is 2. The van der Waals surface area contributed by atoms with E-state index in [-0.39, 0.29) is 5.75 Å². The Balaban J connectivity index is 2.58. The molecule has 0 heterocycles. The van der Waals surface area contributed by atoms with Crippen molar-refractivity contribution in [2.75, 3.05) is 6.61 Å². The van der Waals surface area contributed by atoms with E-state index in [2.05, 4.69) is 11.3 Å². The summed E-state index contributed by atoms with van der Waals surface area (Å²) in [5.74, 6) is -2.06. The summed E-state index contributed by atoms with van der Waals surface area (Å²) in [6.45, 7) is 0.734. The van der Waals surface area contributed by atoms with Crippen LogP contribution in [0.15, 0.2) is 30.8 Å². The Morgan fingerprint density at radius 3 is 2.41 bits per heavy atom. The Labute approximate surface area is 97.7 Å². The molecule has 0 aliphatic rings. The van der Waals surface area contributed by atoms with Crippen molar-refractivity contribution in [2.24, 2.45) is 0 Å². The third-order valence-electron chi connectivity index (χ3n) is 1.91. The quantitative estimate of drug-likeness (QED) is 0.763. The van der Waals surface area contributed by atoms with E-state index in [9.17, 15) is 13.2 Å². The van der Waals surface area contributed by atoms with Crippen LogP contribution in [-0.2, 0) is 4.74 Å². The third-order valence-corrected chi connectivity index (χ3v) is 1.91. The molecule has 17 heavy (non-hydrogen) atoms. The summed E-state index contributed by atoms with van der Waals surface area (Å²) in [5, 5.41) is 0. The molecular weight excluding hydrogens is 233 g/mol. The van der Waals surface area contributed by atoms with E-state index in [1.165, 1.54) is 12.1 Å². The van der Waals surface area contributed by atoms with Crippen LogP contribution in [0.2, 0.25) is 0 Å². The van der Waals surface area contributed by atoms with Gasteiger partial charge in [0.15, 0.2) is 0 Å². The van der Waals surface area contributed by atoms with Crippen molar-refractivity contribution in [1.29, 1.82) is 0 Å². The van der Waals surface area contributed by atoms with E-state index >= 15 is 0 Å². The van der Waals surface area contributed by atoms with E-state index in [1.54, 1.807) is 18.2 Å². The maximum absolute atomic E-state index is 13.6. The summed E-state index contributed by atoms with van der Waals surface area (Å²) >= 11 is 0. The van der Waals surface area contributed by atoms with Crippen molar-refractivity contribution in [2.45, 2.75) is 19.4 Å². The molecule has 0 spiro atoms. The van der Waals surface area contributed by atoms with Crippen molar-refractivity contribution >= 4 is 6.08 Å². The van der Waals surface area contributed by atoms with Crippen LogP contribution in [0.5, 0.6) is 5.75 Å². The minimum Gasteiger partial charge on any atom is -0.456 e. The van der Waals surface area contributed by atoms with Crippen LogP contribution in [-0.4, -0.2) is 19.1 Å². The highest BCUT2D eigenvalue weighted by Crippen LogP contribution is 2.21. The summed E-state index contributed by atoms with van der Waals surface area (Å²) < 4.78 is 45.9. The summed E-state index contributed by atoms with van der Waals surface area (Å²) in [6, 6.07) is 6.40. The Bertz CT molecular complexity index is 361. The standard InChI is InChI=1S/C12H13F3O2/c1-3-9-4-6-10(7-5-9)17-12(2,15)8-16-11(13)14/h3-7,11H,1,8H2,2H3. The van der Waals surface area contributed by atoms with Crippen LogP contribution in [0.1, 0.15) is 12.5 Å². The van der Waals surface area contributed by atoms with E-state index in [4.69, 9.17) is 4.74 Å². The Morgan fingerprint density at radius 1 is 1.35 bits per heavy atom. The second kappa shape index (κ2) is 5.72. The molecule has 0 aliphatic carbocycles. The summed E-state index contributed by atoms with van der Waals surface area (Å²) in [6.07, 6.45) is 1.62. The lowest BCUT2D eigenvalue weighted by Crippen LogP contribution is -2.33. The smallest absolute Gasteiger partial charge is 0.345 e. The first-order chi connectivity index (χ1) is 7.93. The van der Waals surface area contributed by atoms with Crippen LogP contribution in [0.4, 0.5) is 13.2 Å². The van der Waals surface area contributed by atoms with Gasteiger partial charge >= 0.3 is 6.61 Å². The average molecular weight is 246 g/mol. The molecule has 0 saturated heterocycles. The lowest BCUT2D eigenvalue weighted by atomic mass is 10.2. The molecule has 0 amide bonds. The van der Waals surface area contributed by atoms with E-state index in [1.807, 2.05) is 0 Å². The van der Waals surface area contributed by atoms with Gasteiger partial charge in [0.25, 0.3) is 5.85 Å². The number of benzene rings is 1. The Kier molecular flexibility index (Phi) is 4.57. The fourth-order valence-corrected chi connectivity index (χ4v) is 1.16. The molecule has 1 unspecified atom stereocenters. The first-order valence-electron chi connectivity index (χ1n) is 4.93. The molecule has 5 heteroatoms. The third kappa shape index (κ3) is 4.91. The normalized spacial score (nSPS) is 14.4. The van der Waals surface area contributed by atoms with Crippen LogP contribution >= 0.6 is 0 Å². The molecule has 94 valence electrons. The lowest BCUT2D eigenvalue weighted by Gasteiger charge is -2.21.